The standard InChI is InChI=1S/C19H19NO5/c1-13(19(22)23)20(11-14-5-3-2-4-6-14)18(21)10-15-7-8-16-17(9-15)25-12-24-16/h2-9,13H,10-12H2,1H3,(H,22,23). The van der Waals surface area contributed by atoms with Gasteiger partial charge in [-0.2, -0.15) is 0 Å². The molecule has 1 N–H and O–H groups in total. The zero-order chi connectivity index (χ0) is 17.8. The second-order valence-corrected chi connectivity index (χ2v) is 5.89. The van der Waals surface area contributed by atoms with E-state index < -0.39 is 12.0 Å². The molecule has 1 unspecified atom stereocenters. The lowest BCUT2D eigenvalue weighted by Gasteiger charge is -2.27. The first-order chi connectivity index (χ1) is 12.0. The molecule has 2 aromatic carbocycles. The number of rotatable bonds is 6. The maximum absolute atomic E-state index is 12.8. The molecule has 6 nitrogen and oxygen atoms in total. The van der Waals surface area contributed by atoms with Crippen molar-refractivity contribution in [3.05, 3.63) is 59.7 Å². The SMILES string of the molecule is CC(C(=O)O)N(Cc1ccccc1)C(=O)Cc1ccc2c(c1)OCO2. The topological polar surface area (TPSA) is 76.1 Å². The highest BCUT2D eigenvalue weighted by atomic mass is 16.7. The summed E-state index contributed by atoms with van der Waals surface area (Å²) in [6, 6.07) is 13.7. The molecular weight excluding hydrogens is 322 g/mol. The molecule has 1 aliphatic heterocycles. The molecular formula is C19H19NO5. The second kappa shape index (κ2) is 7.25. The van der Waals surface area contributed by atoms with Crippen molar-refractivity contribution in [2.75, 3.05) is 6.79 Å². The van der Waals surface area contributed by atoms with E-state index in [1.165, 1.54) is 11.8 Å². The van der Waals surface area contributed by atoms with Gasteiger partial charge in [-0.05, 0) is 30.2 Å². The third-order valence-corrected chi connectivity index (χ3v) is 4.13. The monoisotopic (exact) mass is 341 g/mol. The number of carboxylic acids is 1. The Kier molecular flexibility index (Phi) is 4.88. The third kappa shape index (κ3) is 3.91. The molecule has 1 amide bonds. The van der Waals surface area contributed by atoms with E-state index in [-0.39, 0.29) is 25.7 Å². The van der Waals surface area contributed by atoms with E-state index in [9.17, 15) is 14.7 Å². The summed E-state index contributed by atoms with van der Waals surface area (Å²) < 4.78 is 10.6. The van der Waals surface area contributed by atoms with Gasteiger partial charge in [0.25, 0.3) is 0 Å². The van der Waals surface area contributed by atoms with Crippen molar-refractivity contribution in [3.8, 4) is 11.5 Å². The van der Waals surface area contributed by atoms with Crippen LogP contribution >= 0.6 is 0 Å². The highest BCUT2D eigenvalue weighted by molar-refractivity contribution is 5.85. The van der Waals surface area contributed by atoms with E-state index in [1.807, 2.05) is 30.3 Å². The number of carbonyl (C=O) groups is 2. The molecule has 0 aliphatic carbocycles. The summed E-state index contributed by atoms with van der Waals surface area (Å²) in [4.78, 5) is 25.5. The summed E-state index contributed by atoms with van der Waals surface area (Å²) in [6.07, 6.45) is 0.0983. The number of carboxylic acid groups (broad SMARTS) is 1. The fraction of sp³-hybridized carbons (Fsp3) is 0.263. The van der Waals surface area contributed by atoms with Crippen LogP contribution in [0.1, 0.15) is 18.1 Å². The Labute approximate surface area is 145 Å². The fourth-order valence-electron chi connectivity index (χ4n) is 2.68. The Morgan fingerprint density at radius 2 is 1.80 bits per heavy atom. The van der Waals surface area contributed by atoms with Gasteiger partial charge < -0.3 is 19.5 Å². The van der Waals surface area contributed by atoms with Gasteiger partial charge in [0.1, 0.15) is 6.04 Å². The van der Waals surface area contributed by atoms with Crippen LogP contribution in [0.2, 0.25) is 0 Å². The quantitative estimate of drug-likeness (QED) is 0.873. The van der Waals surface area contributed by atoms with Crippen molar-refractivity contribution in [2.45, 2.75) is 25.9 Å². The van der Waals surface area contributed by atoms with Gasteiger partial charge in [-0.1, -0.05) is 36.4 Å². The normalized spacial score (nSPS) is 13.3. The maximum Gasteiger partial charge on any atom is 0.326 e. The Hall–Kier alpha value is -3.02. The lowest BCUT2D eigenvalue weighted by molar-refractivity contribution is -0.149. The van der Waals surface area contributed by atoms with E-state index >= 15 is 0 Å². The Balaban J connectivity index is 1.77. The van der Waals surface area contributed by atoms with Crippen LogP contribution in [0, 0.1) is 0 Å². The summed E-state index contributed by atoms with van der Waals surface area (Å²) in [5.74, 6) is -0.0324. The first-order valence-electron chi connectivity index (χ1n) is 7.99. The number of benzene rings is 2. The van der Waals surface area contributed by atoms with Crippen LogP contribution in [-0.2, 0) is 22.6 Å². The minimum Gasteiger partial charge on any atom is -0.480 e. The van der Waals surface area contributed by atoms with Crippen molar-refractivity contribution in [1.29, 1.82) is 0 Å². The Bertz CT molecular complexity index is 775. The molecule has 25 heavy (non-hydrogen) atoms. The Morgan fingerprint density at radius 3 is 2.52 bits per heavy atom. The molecule has 130 valence electrons. The number of carbonyl (C=O) groups excluding carboxylic acids is 1. The number of amides is 1. The summed E-state index contributed by atoms with van der Waals surface area (Å²) in [5, 5.41) is 9.34. The van der Waals surface area contributed by atoms with Gasteiger partial charge in [0.05, 0.1) is 6.42 Å². The lowest BCUT2D eigenvalue weighted by Crippen LogP contribution is -2.43. The van der Waals surface area contributed by atoms with Crippen molar-refractivity contribution in [2.24, 2.45) is 0 Å². The molecule has 3 rings (SSSR count). The van der Waals surface area contributed by atoms with Crippen LogP contribution in [0.25, 0.3) is 0 Å². The van der Waals surface area contributed by atoms with Gasteiger partial charge in [-0.3, -0.25) is 4.79 Å². The van der Waals surface area contributed by atoms with Crippen LogP contribution in [0.15, 0.2) is 48.5 Å². The van der Waals surface area contributed by atoms with E-state index in [4.69, 9.17) is 9.47 Å². The summed E-state index contributed by atoms with van der Waals surface area (Å²) >= 11 is 0. The van der Waals surface area contributed by atoms with Crippen LogP contribution in [0.4, 0.5) is 0 Å². The number of hydrogen-bond donors (Lipinski definition) is 1. The van der Waals surface area contributed by atoms with Crippen molar-refractivity contribution in [1.82, 2.24) is 4.90 Å². The average Bonchev–Trinajstić information content (AvgIpc) is 3.07. The van der Waals surface area contributed by atoms with Crippen LogP contribution < -0.4 is 9.47 Å². The number of fused-ring (bicyclic) bond motifs is 1. The molecule has 0 saturated carbocycles. The summed E-state index contributed by atoms with van der Waals surface area (Å²) in [7, 11) is 0. The lowest BCUT2D eigenvalue weighted by atomic mass is 10.1. The van der Waals surface area contributed by atoms with Crippen molar-refractivity contribution in [3.63, 3.8) is 0 Å². The largest absolute Gasteiger partial charge is 0.480 e. The Morgan fingerprint density at radius 1 is 1.08 bits per heavy atom. The number of aliphatic carboxylic acids is 1. The van der Waals surface area contributed by atoms with E-state index in [1.54, 1.807) is 18.2 Å². The minimum atomic E-state index is -1.03. The molecule has 0 bridgehead atoms. The maximum atomic E-state index is 12.8. The van der Waals surface area contributed by atoms with Crippen molar-refractivity contribution < 1.29 is 24.2 Å². The molecule has 0 fully saturated rings. The van der Waals surface area contributed by atoms with Gasteiger partial charge in [0, 0.05) is 6.54 Å². The number of nitrogens with zero attached hydrogens (tertiary/aromatic N) is 1. The van der Waals surface area contributed by atoms with E-state index in [2.05, 4.69) is 0 Å². The molecule has 2 aromatic rings. The summed E-state index contributed by atoms with van der Waals surface area (Å²) in [6.45, 7) is 1.93. The molecule has 1 atom stereocenters. The number of hydrogen-bond acceptors (Lipinski definition) is 4. The fourth-order valence-corrected chi connectivity index (χ4v) is 2.68. The van der Waals surface area contributed by atoms with Gasteiger partial charge in [-0.15, -0.1) is 0 Å². The van der Waals surface area contributed by atoms with Crippen LogP contribution in [0.5, 0.6) is 11.5 Å². The summed E-state index contributed by atoms with van der Waals surface area (Å²) in [5.41, 5.74) is 1.64. The zero-order valence-electron chi connectivity index (χ0n) is 13.8. The molecule has 0 saturated heterocycles. The van der Waals surface area contributed by atoms with E-state index in [0.29, 0.717) is 11.5 Å². The van der Waals surface area contributed by atoms with Crippen LogP contribution in [0.3, 0.4) is 0 Å². The molecule has 0 aromatic heterocycles. The predicted octanol–water partition coefficient (Wildman–Crippen LogP) is 2.46. The first kappa shape index (κ1) is 16.8. The van der Waals surface area contributed by atoms with E-state index in [0.717, 1.165) is 11.1 Å². The smallest absolute Gasteiger partial charge is 0.326 e. The van der Waals surface area contributed by atoms with Crippen LogP contribution in [-0.4, -0.2) is 34.7 Å². The molecule has 6 heteroatoms. The predicted molar refractivity (Wildman–Crippen MR) is 90.4 cm³/mol. The molecule has 0 radical (unpaired) electrons. The average molecular weight is 341 g/mol. The zero-order valence-corrected chi connectivity index (χ0v) is 13.8. The van der Waals surface area contributed by atoms with Gasteiger partial charge in [0.15, 0.2) is 11.5 Å². The van der Waals surface area contributed by atoms with Crippen molar-refractivity contribution >= 4 is 11.9 Å². The van der Waals surface area contributed by atoms with Gasteiger partial charge >= 0.3 is 5.97 Å². The number of ether oxygens (including phenoxy) is 2. The second-order valence-electron chi connectivity index (χ2n) is 5.89. The van der Waals surface area contributed by atoms with Gasteiger partial charge in [0.2, 0.25) is 12.7 Å². The highest BCUT2D eigenvalue weighted by Crippen LogP contribution is 2.32. The highest BCUT2D eigenvalue weighted by Gasteiger charge is 2.26. The molecule has 1 heterocycles. The molecule has 1 aliphatic rings. The molecule has 0 spiro atoms. The van der Waals surface area contributed by atoms with Gasteiger partial charge in [-0.25, -0.2) is 4.79 Å². The first-order valence-corrected chi connectivity index (χ1v) is 7.99. The minimum absolute atomic E-state index is 0.0983. The third-order valence-electron chi connectivity index (χ3n) is 4.13.